The van der Waals surface area contributed by atoms with Crippen molar-refractivity contribution >= 4 is 17.2 Å². The Hall–Kier alpha value is -1.87. The van der Waals surface area contributed by atoms with Gasteiger partial charge in [-0.05, 0) is 56.5 Å². The summed E-state index contributed by atoms with van der Waals surface area (Å²) in [6, 6.07) is 10.0. The van der Waals surface area contributed by atoms with Crippen molar-refractivity contribution in [1.29, 1.82) is 0 Å². The fraction of sp³-hybridized carbons (Fsp3) is 0.235. The number of rotatable bonds is 3. The highest BCUT2D eigenvalue weighted by Gasteiger charge is 2.12. The smallest absolute Gasteiger partial charge is 0.137 e. The quantitative estimate of drug-likeness (QED) is 0.852. The summed E-state index contributed by atoms with van der Waals surface area (Å²) in [6.45, 7) is 8.18. The van der Waals surface area contributed by atoms with E-state index in [4.69, 9.17) is 22.7 Å². The zero-order valence-electron chi connectivity index (χ0n) is 12.3. The summed E-state index contributed by atoms with van der Waals surface area (Å²) >= 11 is 5.11. The first-order valence-electron chi connectivity index (χ1n) is 6.55. The van der Waals surface area contributed by atoms with Crippen LogP contribution in [0.2, 0.25) is 0 Å². The minimum Gasteiger partial charge on any atom is -0.456 e. The van der Waals surface area contributed by atoms with E-state index in [0.29, 0.717) is 10.7 Å². The fourth-order valence-corrected chi connectivity index (χ4v) is 2.28. The normalized spacial score (nSPS) is 10.4. The van der Waals surface area contributed by atoms with Crippen molar-refractivity contribution < 1.29 is 4.74 Å². The van der Waals surface area contributed by atoms with Crippen LogP contribution in [-0.2, 0) is 0 Å². The molecule has 20 heavy (non-hydrogen) atoms. The largest absolute Gasteiger partial charge is 0.456 e. The van der Waals surface area contributed by atoms with Crippen molar-refractivity contribution in [2.24, 2.45) is 5.73 Å². The lowest BCUT2D eigenvalue weighted by Gasteiger charge is -2.16. The maximum atomic E-state index is 6.10. The number of thiocarbonyl (C=S) groups is 1. The van der Waals surface area contributed by atoms with Gasteiger partial charge in [0.25, 0.3) is 0 Å². The van der Waals surface area contributed by atoms with Crippen molar-refractivity contribution in [3.8, 4) is 11.5 Å². The van der Waals surface area contributed by atoms with E-state index in [0.717, 1.165) is 28.0 Å². The summed E-state index contributed by atoms with van der Waals surface area (Å²) in [5, 5.41) is 0. The maximum absolute atomic E-state index is 6.10. The molecule has 0 radical (unpaired) electrons. The topological polar surface area (TPSA) is 35.2 Å². The number of nitrogens with two attached hydrogens (primary N) is 1. The van der Waals surface area contributed by atoms with E-state index < -0.39 is 0 Å². The van der Waals surface area contributed by atoms with Crippen LogP contribution in [0.4, 0.5) is 0 Å². The van der Waals surface area contributed by atoms with Gasteiger partial charge in [0, 0.05) is 0 Å². The number of aryl methyl sites for hydroxylation is 3. The lowest BCUT2D eigenvalue weighted by atomic mass is 10.0. The number of hydrogen-bond acceptors (Lipinski definition) is 2. The first-order chi connectivity index (χ1) is 9.40. The average molecular weight is 285 g/mol. The van der Waals surface area contributed by atoms with Crippen LogP contribution in [0.15, 0.2) is 30.3 Å². The molecule has 104 valence electrons. The molecule has 2 aromatic carbocycles. The van der Waals surface area contributed by atoms with Gasteiger partial charge in [-0.3, -0.25) is 0 Å². The molecule has 2 N–H and O–H groups in total. The molecule has 0 bridgehead atoms. The first kappa shape index (κ1) is 14.5. The summed E-state index contributed by atoms with van der Waals surface area (Å²) in [5.41, 5.74) is 11.1. The molecule has 0 aliphatic carbocycles. The Balaban J connectivity index is 2.51. The molecule has 0 aliphatic rings. The van der Waals surface area contributed by atoms with Gasteiger partial charge < -0.3 is 10.5 Å². The summed E-state index contributed by atoms with van der Waals surface area (Å²) < 4.78 is 6.10. The second kappa shape index (κ2) is 5.63. The SMILES string of the molecule is Cc1ccc(Oc2c(C)ccc(C)c2C)c(C(N)=S)c1. The summed E-state index contributed by atoms with van der Waals surface area (Å²) in [6.07, 6.45) is 0. The highest BCUT2D eigenvalue weighted by atomic mass is 32.1. The molecule has 0 atom stereocenters. The average Bonchev–Trinajstić information content (AvgIpc) is 2.40. The van der Waals surface area contributed by atoms with Crippen molar-refractivity contribution in [1.82, 2.24) is 0 Å². The molecule has 0 saturated heterocycles. The third-order valence-corrected chi connectivity index (χ3v) is 3.71. The van der Waals surface area contributed by atoms with Crippen LogP contribution in [0.25, 0.3) is 0 Å². The molecular formula is C17H19NOS. The van der Waals surface area contributed by atoms with Crippen LogP contribution in [0.1, 0.15) is 27.8 Å². The molecule has 2 aromatic rings. The third-order valence-electron chi connectivity index (χ3n) is 3.49. The molecule has 0 fully saturated rings. The van der Waals surface area contributed by atoms with E-state index in [9.17, 15) is 0 Å². The fourth-order valence-electron chi connectivity index (χ4n) is 2.12. The summed E-state index contributed by atoms with van der Waals surface area (Å²) in [7, 11) is 0. The van der Waals surface area contributed by atoms with Crippen LogP contribution < -0.4 is 10.5 Å². The standard InChI is InChI=1S/C17H19NOS/c1-10-5-8-15(14(9-10)17(18)20)19-16-12(3)7-6-11(2)13(16)4/h5-9H,1-4H3,(H2,18,20). The van der Waals surface area contributed by atoms with E-state index in [1.807, 2.05) is 32.0 Å². The van der Waals surface area contributed by atoms with Crippen molar-refractivity contribution in [2.45, 2.75) is 27.7 Å². The van der Waals surface area contributed by atoms with Crippen molar-refractivity contribution in [3.05, 3.63) is 58.1 Å². The second-order valence-corrected chi connectivity index (χ2v) is 5.56. The lowest BCUT2D eigenvalue weighted by Crippen LogP contribution is -2.11. The molecular weight excluding hydrogens is 266 g/mol. The van der Waals surface area contributed by atoms with Gasteiger partial charge in [-0.25, -0.2) is 0 Å². The lowest BCUT2D eigenvalue weighted by molar-refractivity contribution is 0.473. The molecule has 0 heterocycles. The Morgan fingerprint density at radius 2 is 1.65 bits per heavy atom. The van der Waals surface area contributed by atoms with Gasteiger partial charge in [-0.1, -0.05) is 36.0 Å². The van der Waals surface area contributed by atoms with Crippen LogP contribution in [0.5, 0.6) is 11.5 Å². The van der Waals surface area contributed by atoms with Crippen LogP contribution >= 0.6 is 12.2 Å². The highest BCUT2D eigenvalue weighted by Crippen LogP contribution is 2.32. The number of hydrogen-bond donors (Lipinski definition) is 1. The molecule has 3 heteroatoms. The summed E-state index contributed by atoms with van der Waals surface area (Å²) in [5.74, 6) is 1.59. The molecule has 0 amide bonds. The first-order valence-corrected chi connectivity index (χ1v) is 6.96. The predicted molar refractivity (Wildman–Crippen MR) is 87.8 cm³/mol. The summed E-state index contributed by atoms with van der Waals surface area (Å²) in [4.78, 5) is 0.353. The van der Waals surface area contributed by atoms with Gasteiger partial charge >= 0.3 is 0 Å². The van der Waals surface area contributed by atoms with Gasteiger partial charge in [0.15, 0.2) is 0 Å². The molecule has 0 aromatic heterocycles. The van der Waals surface area contributed by atoms with E-state index in [2.05, 4.69) is 26.0 Å². The zero-order chi connectivity index (χ0) is 14.9. The van der Waals surface area contributed by atoms with E-state index in [-0.39, 0.29) is 0 Å². The number of ether oxygens (including phenoxy) is 1. The Bertz CT molecular complexity index is 677. The Labute approximate surface area is 125 Å². The maximum Gasteiger partial charge on any atom is 0.137 e. The predicted octanol–water partition coefficient (Wildman–Crippen LogP) is 4.35. The van der Waals surface area contributed by atoms with Crippen LogP contribution in [0.3, 0.4) is 0 Å². The Morgan fingerprint density at radius 1 is 1.00 bits per heavy atom. The van der Waals surface area contributed by atoms with Crippen LogP contribution in [0, 0.1) is 27.7 Å². The van der Waals surface area contributed by atoms with Crippen molar-refractivity contribution in [3.63, 3.8) is 0 Å². The molecule has 2 rings (SSSR count). The monoisotopic (exact) mass is 285 g/mol. The minimum absolute atomic E-state index is 0.353. The Kier molecular flexibility index (Phi) is 4.09. The molecule has 2 nitrogen and oxygen atoms in total. The highest BCUT2D eigenvalue weighted by molar-refractivity contribution is 7.80. The molecule has 0 spiro atoms. The van der Waals surface area contributed by atoms with Crippen LogP contribution in [-0.4, -0.2) is 4.99 Å². The number of benzene rings is 2. The van der Waals surface area contributed by atoms with E-state index in [1.54, 1.807) is 0 Å². The zero-order valence-corrected chi connectivity index (χ0v) is 13.1. The van der Waals surface area contributed by atoms with Gasteiger partial charge in [0.1, 0.15) is 16.5 Å². The van der Waals surface area contributed by atoms with Gasteiger partial charge in [0.2, 0.25) is 0 Å². The molecule has 0 aliphatic heterocycles. The molecule has 0 unspecified atom stereocenters. The Morgan fingerprint density at radius 3 is 2.30 bits per heavy atom. The minimum atomic E-state index is 0.353. The van der Waals surface area contributed by atoms with Crippen molar-refractivity contribution in [2.75, 3.05) is 0 Å². The third kappa shape index (κ3) is 2.83. The van der Waals surface area contributed by atoms with E-state index >= 15 is 0 Å². The van der Waals surface area contributed by atoms with Gasteiger partial charge in [0.05, 0.1) is 5.56 Å². The second-order valence-electron chi connectivity index (χ2n) is 5.12. The van der Waals surface area contributed by atoms with E-state index in [1.165, 1.54) is 5.56 Å². The van der Waals surface area contributed by atoms with Gasteiger partial charge in [-0.15, -0.1) is 0 Å². The van der Waals surface area contributed by atoms with Gasteiger partial charge in [-0.2, -0.15) is 0 Å². The molecule has 0 saturated carbocycles.